The zero-order valence-electron chi connectivity index (χ0n) is 12.7. The van der Waals surface area contributed by atoms with E-state index in [9.17, 15) is 0 Å². The average molecular weight is 293 g/mol. The van der Waals surface area contributed by atoms with Gasteiger partial charge in [-0.05, 0) is 67.3 Å². The van der Waals surface area contributed by atoms with E-state index in [0.29, 0.717) is 6.04 Å². The fourth-order valence-electron chi connectivity index (χ4n) is 2.81. The van der Waals surface area contributed by atoms with Crippen LogP contribution in [0.15, 0.2) is 24.3 Å². The second-order valence-corrected chi connectivity index (χ2v) is 6.80. The highest BCUT2D eigenvalue weighted by Gasteiger charge is 2.20. The lowest BCUT2D eigenvalue weighted by molar-refractivity contribution is 0.369. The third-order valence-electron chi connectivity index (χ3n) is 4.07. The monoisotopic (exact) mass is 293 g/mol. The molecule has 0 radical (unpaired) electrons. The molecule has 1 aliphatic heterocycles. The van der Waals surface area contributed by atoms with Gasteiger partial charge in [0.2, 0.25) is 0 Å². The van der Waals surface area contributed by atoms with Gasteiger partial charge < -0.3 is 10.1 Å². The number of nitrogens with one attached hydrogen (secondary N) is 1. The molecule has 0 aromatic heterocycles. The maximum Gasteiger partial charge on any atom is 0.118 e. The molecule has 1 atom stereocenters. The van der Waals surface area contributed by atoms with E-state index in [0.717, 1.165) is 18.2 Å². The molecule has 0 saturated carbocycles. The summed E-state index contributed by atoms with van der Waals surface area (Å²) in [5.41, 5.74) is 1.40. The molecule has 1 unspecified atom stereocenters. The molecule has 3 heteroatoms. The summed E-state index contributed by atoms with van der Waals surface area (Å²) in [5, 5.41) is 3.72. The maximum absolute atomic E-state index is 5.26. The van der Waals surface area contributed by atoms with E-state index in [4.69, 9.17) is 4.74 Å². The van der Waals surface area contributed by atoms with Crippen molar-refractivity contribution in [1.29, 1.82) is 0 Å². The molecule has 1 N–H and O–H groups in total. The fourth-order valence-corrected chi connectivity index (χ4v) is 4.01. The first-order valence-electron chi connectivity index (χ1n) is 7.78. The standard InChI is InChI=1S/C17H27NOS/c1-3-10-18-17(13-14-8-11-20-12-9-14)15-4-6-16(19-2)7-5-15/h4-7,14,17-18H,3,8-13H2,1-2H3. The first-order valence-corrected chi connectivity index (χ1v) is 8.94. The Morgan fingerprint density at radius 3 is 2.55 bits per heavy atom. The van der Waals surface area contributed by atoms with Gasteiger partial charge in [-0.1, -0.05) is 19.1 Å². The van der Waals surface area contributed by atoms with Crippen LogP contribution >= 0.6 is 11.8 Å². The second-order valence-electron chi connectivity index (χ2n) is 5.57. The Bertz CT molecular complexity index is 373. The van der Waals surface area contributed by atoms with Gasteiger partial charge in [0, 0.05) is 6.04 Å². The van der Waals surface area contributed by atoms with Crippen molar-refractivity contribution < 1.29 is 4.74 Å². The van der Waals surface area contributed by atoms with Gasteiger partial charge in [-0.3, -0.25) is 0 Å². The number of thioether (sulfide) groups is 1. The Balaban J connectivity index is 2.00. The number of methoxy groups -OCH3 is 1. The molecule has 1 fully saturated rings. The lowest BCUT2D eigenvalue weighted by atomic mass is 9.90. The van der Waals surface area contributed by atoms with Gasteiger partial charge in [0.1, 0.15) is 5.75 Å². The van der Waals surface area contributed by atoms with E-state index < -0.39 is 0 Å². The van der Waals surface area contributed by atoms with Crippen LogP contribution in [0.4, 0.5) is 0 Å². The molecule has 1 heterocycles. The minimum atomic E-state index is 0.494. The predicted molar refractivity (Wildman–Crippen MR) is 88.7 cm³/mol. The van der Waals surface area contributed by atoms with Crippen LogP contribution < -0.4 is 10.1 Å². The van der Waals surface area contributed by atoms with Crippen molar-refractivity contribution >= 4 is 11.8 Å². The Labute approximate surface area is 127 Å². The Morgan fingerprint density at radius 2 is 1.95 bits per heavy atom. The van der Waals surface area contributed by atoms with Gasteiger partial charge in [0.05, 0.1) is 7.11 Å². The van der Waals surface area contributed by atoms with Crippen LogP contribution in [-0.2, 0) is 0 Å². The van der Waals surface area contributed by atoms with E-state index in [1.807, 2.05) is 0 Å². The van der Waals surface area contributed by atoms with Crippen LogP contribution in [0.3, 0.4) is 0 Å². The lowest BCUT2D eigenvalue weighted by Crippen LogP contribution is -2.25. The average Bonchev–Trinajstić information content (AvgIpc) is 2.52. The molecule has 1 aliphatic rings. The van der Waals surface area contributed by atoms with E-state index in [2.05, 4.69) is 48.3 Å². The van der Waals surface area contributed by atoms with Crippen molar-refractivity contribution in [3.05, 3.63) is 29.8 Å². The first-order chi connectivity index (χ1) is 9.83. The van der Waals surface area contributed by atoms with Crippen LogP contribution in [0.1, 0.15) is 44.2 Å². The SMILES string of the molecule is CCCNC(CC1CCSCC1)c1ccc(OC)cc1. The summed E-state index contributed by atoms with van der Waals surface area (Å²) in [6.07, 6.45) is 5.22. The summed E-state index contributed by atoms with van der Waals surface area (Å²) >= 11 is 2.11. The highest BCUT2D eigenvalue weighted by Crippen LogP contribution is 2.31. The molecule has 0 aliphatic carbocycles. The van der Waals surface area contributed by atoms with Crippen molar-refractivity contribution in [2.45, 2.75) is 38.6 Å². The smallest absolute Gasteiger partial charge is 0.118 e. The lowest BCUT2D eigenvalue weighted by Gasteiger charge is -2.27. The van der Waals surface area contributed by atoms with Gasteiger partial charge in [0.25, 0.3) is 0 Å². The number of ether oxygens (including phenoxy) is 1. The van der Waals surface area contributed by atoms with Crippen molar-refractivity contribution in [1.82, 2.24) is 5.32 Å². The summed E-state index contributed by atoms with van der Waals surface area (Å²) in [4.78, 5) is 0. The third kappa shape index (κ3) is 4.71. The Morgan fingerprint density at radius 1 is 1.25 bits per heavy atom. The summed E-state index contributed by atoms with van der Waals surface area (Å²) < 4.78 is 5.26. The molecule has 0 bridgehead atoms. The van der Waals surface area contributed by atoms with Gasteiger partial charge in [0.15, 0.2) is 0 Å². The normalized spacial score (nSPS) is 17.9. The Hall–Kier alpha value is -0.670. The molecule has 112 valence electrons. The van der Waals surface area contributed by atoms with Crippen molar-refractivity contribution in [3.63, 3.8) is 0 Å². The van der Waals surface area contributed by atoms with Crippen LogP contribution in [0.5, 0.6) is 5.75 Å². The molecule has 2 rings (SSSR count). The topological polar surface area (TPSA) is 21.3 Å². The molecule has 2 nitrogen and oxygen atoms in total. The zero-order chi connectivity index (χ0) is 14.2. The van der Waals surface area contributed by atoms with Crippen LogP contribution in [-0.4, -0.2) is 25.2 Å². The van der Waals surface area contributed by atoms with Gasteiger partial charge >= 0.3 is 0 Å². The molecule has 0 amide bonds. The number of hydrogen-bond acceptors (Lipinski definition) is 3. The molecule has 20 heavy (non-hydrogen) atoms. The molecule has 0 spiro atoms. The highest BCUT2D eigenvalue weighted by atomic mass is 32.2. The zero-order valence-corrected chi connectivity index (χ0v) is 13.5. The predicted octanol–water partition coefficient (Wildman–Crippen LogP) is 4.27. The van der Waals surface area contributed by atoms with E-state index in [1.54, 1.807) is 7.11 Å². The third-order valence-corrected chi connectivity index (χ3v) is 5.12. The molecular weight excluding hydrogens is 266 g/mol. The van der Waals surface area contributed by atoms with E-state index in [-0.39, 0.29) is 0 Å². The summed E-state index contributed by atoms with van der Waals surface area (Å²) in [5.74, 6) is 4.51. The van der Waals surface area contributed by atoms with Crippen LogP contribution in [0, 0.1) is 5.92 Å². The first kappa shape index (κ1) is 15.7. The van der Waals surface area contributed by atoms with Crippen LogP contribution in [0.2, 0.25) is 0 Å². The molecule has 1 saturated heterocycles. The molecule has 1 aromatic carbocycles. The largest absolute Gasteiger partial charge is 0.497 e. The molecule has 1 aromatic rings. The number of rotatable bonds is 7. The van der Waals surface area contributed by atoms with Gasteiger partial charge in [-0.2, -0.15) is 11.8 Å². The molecular formula is C17H27NOS. The fraction of sp³-hybridized carbons (Fsp3) is 0.647. The maximum atomic E-state index is 5.26. The summed E-state index contributed by atoms with van der Waals surface area (Å²) in [6.45, 7) is 3.33. The van der Waals surface area contributed by atoms with E-state index >= 15 is 0 Å². The number of hydrogen-bond donors (Lipinski definition) is 1. The van der Waals surface area contributed by atoms with Crippen molar-refractivity contribution in [3.8, 4) is 5.75 Å². The minimum absolute atomic E-state index is 0.494. The van der Waals surface area contributed by atoms with Crippen molar-refractivity contribution in [2.24, 2.45) is 5.92 Å². The highest BCUT2D eigenvalue weighted by molar-refractivity contribution is 7.99. The Kier molecular flexibility index (Phi) is 6.74. The summed E-state index contributed by atoms with van der Waals surface area (Å²) in [7, 11) is 1.72. The minimum Gasteiger partial charge on any atom is -0.497 e. The number of benzene rings is 1. The van der Waals surface area contributed by atoms with Gasteiger partial charge in [-0.25, -0.2) is 0 Å². The second kappa shape index (κ2) is 8.58. The van der Waals surface area contributed by atoms with Crippen LogP contribution in [0.25, 0.3) is 0 Å². The van der Waals surface area contributed by atoms with E-state index in [1.165, 1.54) is 42.8 Å². The quantitative estimate of drug-likeness (QED) is 0.811. The summed E-state index contributed by atoms with van der Waals surface area (Å²) in [6, 6.07) is 9.07. The van der Waals surface area contributed by atoms with Crippen molar-refractivity contribution in [2.75, 3.05) is 25.2 Å². The van der Waals surface area contributed by atoms with Gasteiger partial charge in [-0.15, -0.1) is 0 Å².